The first-order valence-corrected chi connectivity index (χ1v) is 5.33. The second-order valence-electron chi connectivity index (χ2n) is 3.52. The van der Waals surface area contributed by atoms with Gasteiger partial charge in [0.1, 0.15) is 0 Å². The highest BCUT2D eigenvalue weighted by Crippen LogP contribution is 2.21. The van der Waals surface area contributed by atoms with Crippen LogP contribution in [0, 0.1) is 5.82 Å². The molecule has 3 nitrogen and oxygen atoms in total. The Morgan fingerprint density at radius 1 is 1.44 bits per heavy atom. The van der Waals surface area contributed by atoms with E-state index in [2.05, 4.69) is 5.32 Å². The van der Waals surface area contributed by atoms with Crippen molar-refractivity contribution in [3.05, 3.63) is 29.6 Å². The minimum absolute atomic E-state index is 0.0546. The predicted molar refractivity (Wildman–Crippen MR) is 61.0 cm³/mol. The molecular weight excluding hydrogens is 209 g/mol. The minimum atomic E-state index is -0.362. The summed E-state index contributed by atoms with van der Waals surface area (Å²) in [6, 6.07) is 5.09. The number of nitrogens with one attached hydrogen (secondary N) is 1. The molecule has 4 heteroatoms. The van der Waals surface area contributed by atoms with Crippen LogP contribution in [0.1, 0.15) is 25.5 Å². The number of methoxy groups -OCH3 is 1. The smallest absolute Gasteiger partial charge is 0.188 e. The molecule has 0 radical (unpaired) electrons. The topological polar surface area (TPSA) is 30.5 Å². The molecule has 0 saturated heterocycles. The Morgan fingerprint density at radius 3 is 2.75 bits per heavy atom. The zero-order valence-corrected chi connectivity index (χ0v) is 9.92. The Bertz CT molecular complexity index is 331. The van der Waals surface area contributed by atoms with Crippen molar-refractivity contribution < 1.29 is 13.9 Å². The molecule has 1 atom stereocenters. The number of benzene rings is 1. The van der Waals surface area contributed by atoms with E-state index in [1.54, 1.807) is 6.07 Å². The van der Waals surface area contributed by atoms with Crippen molar-refractivity contribution in [3.63, 3.8) is 0 Å². The zero-order valence-electron chi connectivity index (χ0n) is 9.92. The Labute approximate surface area is 95.6 Å². The van der Waals surface area contributed by atoms with Crippen LogP contribution in [0.2, 0.25) is 0 Å². The maximum Gasteiger partial charge on any atom is 0.188 e. The first-order valence-electron chi connectivity index (χ1n) is 5.33. The van der Waals surface area contributed by atoms with E-state index in [-0.39, 0.29) is 24.4 Å². The quantitative estimate of drug-likeness (QED) is 0.757. The fourth-order valence-corrected chi connectivity index (χ4v) is 1.45. The summed E-state index contributed by atoms with van der Waals surface area (Å²) >= 11 is 0. The normalized spacial score (nSPS) is 12.5. The largest absolute Gasteiger partial charge is 0.464 e. The summed E-state index contributed by atoms with van der Waals surface area (Å²) in [5.41, 5.74) is 0.907. The van der Waals surface area contributed by atoms with Gasteiger partial charge in [-0.1, -0.05) is 13.0 Å². The first kappa shape index (κ1) is 12.9. The van der Waals surface area contributed by atoms with Crippen molar-refractivity contribution in [2.75, 3.05) is 20.4 Å². The second kappa shape index (κ2) is 6.45. The third-order valence-electron chi connectivity index (χ3n) is 2.30. The molecule has 1 rings (SSSR count). The molecule has 16 heavy (non-hydrogen) atoms. The standard InChI is InChI=1S/C12H18FNO2/c1-4-14-9(2)10-5-6-12(11(13)7-10)16-8-15-3/h5-7,9,14H,4,8H2,1-3H3. The first-order chi connectivity index (χ1) is 7.69. The monoisotopic (exact) mass is 227 g/mol. The van der Waals surface area contributed by atoms with E-state index in [9.17, 15) is 4.39 Å². The van der Waals surface area contributed by atoms with E-state index in [1.165, 1.54) is 13.2 Å². The minimum Gasteiger partial charge on any atom is -0.464 e. The van der Waals surface area contributed by atoms with Crippen LogP contribution in [-0.2, 0) is 4.74 Å². The van der Waals surface area contributed by atoms with Gasteiger partial charge in [-0.3, -0.25) is 0 Å². The lowest BCUT2D eigenvalue weighted by atomic mass is 10.1. The zero-order chi connectivity index (χ0) is 12.0. The summed E-state index contributed by atoms with van der Waals surface area (Å²) in [4.78, 5) is 0. The highest BCUT2D eigenvalue weighted by atomic mass is 19.1. The number of hydrogen-bond acceptors (Lipinski definition) is 3. The molecule has 90 valence electrons. The highest BCUT2D eigenvalue weighted by Gasteiger charge is 2.08. The third-order valence-corrected chi connectivity index (χ3v) is 2.30. The average molecular weight is 227 g/mol. The SMILES string of the molecule is CCNC(C)c1ccc(OCOC)c(F)c1. The van der Waals surface area contributed by atoms with Gasteiger partial charge in [0.2, 0.25) is 0 Å². The average Bonchev–Trinajstić information content (AvgIpc) is 2.27. The Hall–Kier alpha value is -1.13. The maximum atomic E-state index is 13.6. The van der Waals surface area contributed by atoms with Crippen molar-refractivity contribution >= 4 is 0 Å². The molecule has 1 N–H and O–H groups in total. The highest BCUT2D eigenvalue weighted by molar-refractivity contribution is 5.30. The summed E-state index contributed by atoms with van der Waals surface area (Å²) in [6.45, 7) is 4.92. The van der Waals surface area contributed by atoms with Gasteiger partial charge in [0.05, 0.1) is 0 Å². The molecule has 0 saturated carbocycles. The summed E-state index contributed by atoms with van der Waals surface area (Å²) < 4.78 is 23.3. The third kappa shape index (κ3) is 3.47. The van der Waals surface area contributed by atoms with Crippen LogP contribution in [0.3, 0.4) is 0 Å². The molecule has 0 aliphatic carbocycles. The summed E-state index contributed by atoms with van der Waals surface area (Å²) in [5, 5.41) is 3.22. The van der Waals surface area contributed by atoms with Gasteiger partial charge >= 0.3 is 0 Å². The number of hydrogen-bond donors (Lipinski definition) is 1. The van der Waals surface area contributed by atoms with E-state index in [0.29, 0.717) is 0 Å². The molecule has 0 bridgehead atoms. The van der Waals surface area contributed by atoms with E-state index < -0.39 is 0 Å². The fourth-order valence-electron chi connectivity index (χ4n) is 1.45. The summed E-state index contributed by atoms with van der Waals surface area (Å²) in [7, 11) is 1.50. The van der Waals surface area contributed by atoms with Crippen LogP contribution in [0.25, 0.3) is 0 Å². The molecule has 0 aliphatic rings. The van der Waals surface area contributed by atoms with Crippen LogP contribution in [0.4, 0.5) is 4.39 Å². The van der Waals surface area contributed by atoms with Crippen LogP contribution in [0.15, 0.2) is 18.2 Å². The van der Waals surface area contributed by atoms with Gasteiger partial charge in [0.15, 0.2) is 18.4 Å². The molecule has 0 fully saturated rings. The van der Waals surface area contributed by atoms with E-state index in [0.717, 1.165) is 12.1 Å². The van der Waals surface area contributed by atoms with Crippen LogP contribution in [0.5, 0.6) is 5.75 Å². The second-order valence-corrected chi connectivity index (χ2v) is 3.52. The molecule has 1 aromatic carbocycles. The van der Waals surface area contributed by atoms with Gasteiger partial charge in [-0.15, -0.1) is 0 Å². The lowest BCUT2D eigenvalue weighted by molar-refractivity contribution is 0.0482. The number of halogens is 1. The molecule has 0 amide bonds. The number of ether oxygens (including phenoxy) is 2. The van der Waals surface area contributed by atoms with Crippen LogP contribution in [-0.4, -0.2) is 20.4 Å². The Kier molecular flexibility index (Phi) is 5.22. The molecule has 0 heterocycles. The molecule has 0 spiro atoms. The lowest BCUT2D eigenvalue weighted by Crippen LogP contribution is -2.17. The van der Waals surface area contributed by atoms with Crippen molar-refractivity contribution in [1.82, 2.24) is 5.32 Å². The van der Waals surface area contributed by atoms with Gasteiger partial charge in [0, 0.05) is 13.2 Å². The molecule has 1 unspecified atom stereocenters. The summed E-state index contributed by atoms with van der Waals surface area (Å²) in [6.07, 6.45) is 0. The van der Waals surface area contributed by atoms with Gasteiger partial charge in [-0.05, 0) is 31.2 Å². The molecular formula is C12H18FNO2. The Balaban J connectivity index is 2.73. The predicted octanol–water partition coefficient (Wildman–Crippen LogP) is 2.48. The van der Waals surface area contributed by atoms with Crippen LogP contribution < -0.4 is 10.1 Å². The Morgan fingerprint density at radius 2 is 2.19 bits per heavy atom. The van der Waals surface area contributed by atoms with Crippen molar-refractivity contribution in [2.24, 2.45) is 0 Å². The van der Waals surface area contributed by atoms with Gasteiger partial charge in [-0.25, -0.2) is 4.39 Å². The van der Waals surface area contributed by atoms with Gasteiger partial charge in [0.25, 0.3) is 0 Å². The maximum absolute atomic E-state index is 13.6. The van der Waals surface area contributed by atoms with Gasteiger partial charge in [-0.2, -0.15) is 0 Å². The van der Waals surface area contributed by atoms with E-state index in [4.69, 9.17) is 9.47 Å². The van der Waals surface area contributed by atoms with E-state index in [1.807, 2.05) is 19.9 Å². The van der Waals surface area contributed by atoms with Gasteiger partial charge < -0.3 is 14.8 Å². The van der Waals surface area contributed by atoms with Crippen molar-refractivity contribution in [1.29, 1.82) is 0 Å². The fraction of sp³-hybridized carbons (Fsp3) is 0.500. The molecule has 1 aromatic rings. The molecule has 0 aliphatic heterocycles. The van der Waals surface area contributed by atoms with Crippen LogP contribution >= 0.6 is 0 Å². The van der Waals surface area contributed by atoms with E-state index >= 15 is 0 Å². The van der Waals surface area contributed by atoms with Crippen molar-refractivity contribution in [2.45, 2.75) is 19.9 Å². The van der Waals surface area contributed by atoms with Crippen molar-refractivity contribution in [3.8, 4) is 5.75 Å². The number of rotatable bonds is 6. The molecule has 0 aromatic heterocycles. The lowest BCUT2D eigenvalue weighted by Gasteiger charge is -2.14. The summed E-state index contributed by atoms with van der Waals surface area (Å²) in [5.74, 6) is -0.145.